The Kier molecular flexibility index (Phi) is 3.88. The number of nitrogens with zero attached hydrogens (tertiary/aromatic N) is 1. The average Bonchev–Trinajstić information content (AvgIpc) is 3.22. The number of rotatable bonds is 4. The van der Waals surface area contributed by atoms with Crippen molar-refractivity contribution in [1.29, 1.82) is 0 Å². The zero-order valence-electron chi connectivity index (χ0n) is 16.1. The van der Waals surface area contributed by atoms with Gasteiger partial charge in [0.15, 0.2) is 0 Å². The third-order valence-electron chi connectivity index (χ3n) is 7.58. The van der Waals surface area contributed by atoms with E-state index in [-0.39, 0.29) is 0 Å². The fourth-order valence-electron chi connectivity index (χ4n) is 6.19. The first kappa shape index (κ1) is 16.4. The molecule has 1 fully saturated rings. The monoisotopic (exact) mass is 350 g/mol. The molecule has 138 valence electrons. The summed E-state index contributed by atoms with van der Waals surface area (Å²) in [5.74, 6) is 3.39. The number of ether oxygens (including phenoxy) is 1. The van der Waals surface area contributed by atoms with Crippen molar-refractivity contribution < 1.29 is 4.74 Å². The standard InChI is InChI=1S/C23H30N2O/c1-3-4-11-26-17-6-8-18-15(12-17)5-7-20-19(18)9-10-23(2)21(20)13-16-14-24-25-22(16)23/h6,8,12,14,19-21H,3-5,7,9-11,13H2,1-2H3,(H,24,25)/t19?,20?,21?,23-/m0/s1. The summed E-state index contributed by atoms with van der Waals surface area (Å²) >= 11 is 0. The lowest BCUT2D eigenvalue weighted by atomic mass is 9.55. The molecular weight excluding hydrogens is 320 g/mol. The molecule has 3 heteroatoms. The number of aromatic amines is 1. The molecule has 3 aliphatic rings. The molecule has 3 nitrogen and oxygen atoms in total. The van der Waals surface area contributed by atoms with Gasteiger partial charge in [-0.05, 0) is 85.1 Å². The van der Waals surface area contributed by atoms with Gasteiger partial charge in [-0.3, -0.25) is 5.10 Å². The average molecular weight is 351 g/mol. The number of hydrogen-bond donors (Lipinski definition) is 1. The van der Waals surface area contributed by atoms with Crippen LogP contribution in [0.15, 0.2) is 24.4 Å². The zero-order chi connectivity index (χ0) is 17.7. The van der Waals surface area contributed by atoms with Crippen molar-refractivity contribution in [2.75, 3.05) is 6.61 Å². The summed E-state index contributed by atoms with van der Waals surface area (Å²) in [5, 5.41) is 7.66. The van der Waals surface area contributed by atoms with Crippen LogP contribution < -0.4 is 4.74 Å². The van der Waals surface area contributed by atoms with E-state index in [1.54, 1.807) is 11.1 Å². The molecular formula is C23H30N2O. The van der Waals surface area contributed by atoms with Crippen molar-refractivity contribution >= 4 is 0 Å². The van der Waals surface area contributed by atoms with Crippen LogP contribution in [-0.4, -0.2) is 16.8 Å². The molecule has 26 heavy (non-hydrogen) atoms. The lowest BCUT2D eigenvalue weighted by Crippen LogP contribution is -2.43. The first-order chi connectivity index (χ1) is 12.7. The number of fused-ring (bicyclic) bond motifs is 7. The molecule has 0 radical (unpaired) electrons. The lowest BCUT2D eigenvalue weighted by molar-refractivity contribution is 0.103. The van der Waals surface area contributed by atoms with E-state index in [4.69, 9.17) is 4.74 Å². The SMILES string of the molecule is CCCCOc1ccc2c(c1)CCC1C2CC[C@]2(C)c3[nH]ncc3CC12. The highest BCUT2D eigenvalue weighted by molar-refractivity contribution is 5.43. The Labute approximate surface area is 156 Å². The van der Waals surface area contributed by atoms with E-state index in [0.29, 0.717) is 5.41 Å². The van der Waals surface area contributed by atoms with Gasteiger partial charge in [0.2, 0.25) is 0 Å². The van der Waals surface area contributed by atoms with E-state index in [0.717, 1.165) is 36.5 Å². The van der Waals surface area contributed by atoms with Crippen molar-refractivity contribution in [3.63, 3.8) is 0 Å². The van der Waals surface area contributed by atoms with Gasteiger partial charge in [-0.1, -0.05) is 26.3 Å². The molecule has 0 saturated heterocycles. The number of hydrogen-bond acceptors (Lipinski definition) is 2. The van der Waals surface area contributed by atoms with E-state index < -0.39 is 0 Å². The van der Waals surface area contributed by atoms with Gasteiger partial charge in [0.25, 0.3) is 0 Å². The van der Waals surface area contributed by atoms with Crippen LogP contribution in [0.1, 0.15) is 74.3 Å². The quantitative estimate of drug-likeness (QED) is 0.774. The third kappa shape index (κ3) is 2.35. The Bertz CT molecular complexity index is 810. The van der Waals surface area contributed by atoms with Crippen molar-refractivity contribution in [3.05, 3.63) is 46.8 Å². The van der Waals surface area contributed by atoms with E-state index >= 15 is 0 Å². The van der Waals surface area contributed by atoms with Crippen LogP contribution in [-0.2, 0) is 18.3 Å². The van der Waals surface area contributed by atoms with Crippen LogP contribution in [0.25, 0.3) is 0 Å². The van der Waals surface area contributed by atoms with Gasteiger partial charge in [0.1, 0.15) is 5.75 Å². The van der Waals surface area contributed by atoms with Crippen LogP contribution in [0, 0.1) is 11.8 Å². The summed E-state index contributed by atoms with van der Waals surface area (Å²) < 4.78 is 5.95. The largest absolute Gasteiger partial charge is 0.494 e. The van der Waals surface area contributed by atoms with E-state index in [1.165, 1.54) is 49.8 Å². The maximum Gasteiger partial charge on any atom is 0.119 e. The van der Waals surface area contributed by atoms with Gasteiger partial charge in [-0.15, -0.1) is 0 Å². The number of aryl methyl sites for hydroxylation is 1. The molecule has 1 aromatic carbocycles. The lowest BCUT2D eigenvalue weighted by Gasteiger charge is -2.49. The maximum atomic E-state index is 5.95. The van der Waals surface area contributed by atoms with E-state index in [1.807, 2.05) is 0 Å². The summed E-state index contributed by atoms with van der Waals surface area (Å²) in [6.07, 6.45) is 10.7. The number of unbranched alkanes of at least 4 members (excludes halogenated alkanes) is 1. The second-order valence-corrected chi connectivity index (χ2v) is 8.91. The molecule has 2 aromatic rings. The molecule has 1 saturated carbocycles. The summed E-state index contributed by atoms with van der Waals surface area (Å²) in [7, 11) is 0. The molecule has 0 bridgehead atoms. The number of benzene rings is 1. The molecule has 4 atom stereocenters. The van der Waals surface area contributed by atoms with Gasteiger partial charge in [0, 0.05) is 11.1 Å². The predicted molar refractivity (Wildman–Crippen MR) is 104 cm³/mol. The minimum absolute atomic E-state index is 0.313. The van der Waals surface area contributed by atoms with Gasteiger partial charge in [-0.2, -0.15) is 5.10 Å². The van der Waals surface area contributed by atoms with Crippen molar-refractivity contribution in [3.8, 4) is 5.75 Å². The van der Waals surface area contributed by atoms with E-state index in [9.17, 15) is 0 Å². The topological polar surface area (TPSA) is 37.9 Å². The molecule has 1 heterocycles. The third-order valence-corrected chi connectivity index (χ3v) is 7.58. The Hall–Kier alpha value is -1.77. The van der Waals surface area contributed by atoms with E-state index in [2.05, 4.69) is 48.4 Å². The molecule has 0 amide bonds. The first-order valence-corrected chi connectivity index (χ1v) is 10.5. The second kappa shape index (κ2) is 6.14. The first-order valence-electron chi connectivity index (χ1n) is 10.5. The summed E-state index contributed by atoms with van der Waals surface area (Å²) in [4.78, 5) is 0. The summed E-state index contributed by atoms with van der Waals surface area (Å²) in [6.45, 7) is 5.54. The molecule has 1 aromatic heterocycles. The molecule has 3 unspecified atom stereocenters. The van der Waals surface area contributed by atoms with Crippen molar-refractivity contribution in [2.24, 2.45) is 11.8 Å². The normalized spacial score (nSPS) is 31.7. The second-order valence-electron chi connectivity index (χ2n) is 8.91. The molecule has 3 aliphatic carbocycles. The van der Waals surface area contributed by atoms with Crippen molar-refractivity contribution in [1.82, 2.24) is 10.2 Å². The molecule has 0 aliphatic heterocycles. The summed E-state index contributed by atoms with van der Waals surface area (Å²) in [6, 6.07) is 6.92. The van der Waals surface area contributed by atoms with Gasteiger partial charge in [-0.25, -0.2) is 0 Å². The smallest absolute Gasteiger partial charge is 0.119 e. The highest BCUT2D eigenvalue weighted by atomic mass is 16.5. The van der Waals surface area contributed by atoms with Crippen LogP contribution in [0.5, 0.6) is 5.75 Å². The highest BCUT2D eigenvalue weighted by Gasteiger charge is 2.53. The van der Waals surface area contributed by atoms with Gasteiger partial charge >= 0.3 is 0 Å². The number of H-pyrrole nitrogens is 1. The number of nitrogens with one attached hydrogen (secondary N) is 1. The van der Waals surface area contributed by atoms with Crippen LogP contribution >= 0.6 is 0 Å². The highest BCUT2D eigenvalue weighted by Crippen LogP contribution is 2.59. The molecule has 1 N–H and O–H groups in total. The van der Waals surface area contributed by atoms with Crippen LogP contribution in [0.2, 0.25) is 0 Å². The predicted octanol–water partition coefficient (Wildman–Crippen LogP) is 5.16. The zero-order valence-corrected chi connectivity index (χ0v) is 16.1. The fraction of sp³-hybridized carbons (Fsp3) is 0.609. The van der Waals surface area contributed by atoms with Crippen LogP contribution in [0.3, 0.4) is 0 Å². The minimum atomic E-state index is 0.313. The van der Waals surface area contributed by atoms with Crippen LogP contribution in [0.4, 0.5) is 0 Å². The Morgan fingerprint density at radius 3 is 3.08 bits per heavy atom. The minimum Gasteiger partial charge on any atom is -0.494 e. The molecule has 0 spiro atoms. The van der Waals surface area contributed by atoms with Gasteiger partial charge < -0.3 is 4.74 Å². The van der Waals surface area contributed by atoms with Gasteiger partial charge in [0.05, 0.1) is 12.8 Å². The Morgan fingerprint density at radius 1 is 1.27 bits per heavy atom. The Balaban J connectivity index is 1.40. The summed E-state index contributed by atoms with van der Waals surface area (Å²) in [5.41, 5.74) is 6.38. The fourth-order valence-corrected chi connectivity index (χ4v) is 6.19. The maximum absolute atomic E-state index is 5.95. The Morgan fingerprint density at radius 2 is 2.19 bits per heavy atom. The van der Waals surface area contributed by atoms with Crippen molar-refractivity contribution in [2.45, 2.75) is 70.1 Å². The number of aromatic nitrogens is 2. The molecule has 5 rings (SSSR count).